The zero-order valence-electron chi connectivity index (χ0n) is 7.86. The Kier molecular flexibility index (Phi) is 4.92. The van der Waals surface area contributed by atoms with Crippen LogP contribution >= 0.6 is 23.2 Å². The zero-order chi connectivity index (χ0) is 10.6. The van der Waals surface area contributed by atoms with Gasteiger partial charge >= 0.3 is 0 Å². The van der Waals surface area contributed by atoms with E-state index < -0.39 is 6.04 Å². The van der Waals surface area contributed by atoms with E-state index in [1.165, 1.54) is 0 Å². The van der Waals surface area contributed by atoms with E-state index in [1.54, 1.807) is 0 Å². The highest BCUT2D eigenvalue weighted by molar-refractivity contribution is 6.18. The van der Waals surface area contributed by atoms with E-state index in [2.05, 4.69) is 4.90 Å². The number of nitrogens with zero attached hydrogens (tertiary/aromatic N) is 2. The van der Waals surface area contributed by atoms with Crippen molar-refractivity contribution in [1.29, 1.82) is 0 Å². The van der Waals surface area contributed by atoms with Crippen LogP contribution in [0, 0.1) is 10.1 Å². The zero-order valence-corrected chi connectivity index (χ0v) is 9.38. The molecule has 1 saturated heterocycles. The first-order chi connectivity index (χ1) is 6.69. The highest BCUT2D eigenvalue weighted by Gasteiger charge is 2.37. The molecule has 0 amide bonds. The number of nitro groups is 1. The van der Waals surface area contributed by atoms with Crippen molar-refractivity contribution in [3.63, 3.8) is 0 Å². The fourth-order valence-corrected chi connectivity index (χ4v) is 2.39. The van der Waals surface area contributed by atoms with E-state index in [0.717, 1.165) is 6.42 Å². The molecule has 1 fully saturated rings. The molecule has 6 heteroatoms. The van der Waals surface area contributed by atoms with E-state index in [4.69, 9.17) is 23.2 Å². The predicted octanol–water partition coefficient (Wildman–Crippen LogP) is 1.57. The minimum Gasteiger partial charge on any atom is -0.292 e. The molecular weight excluding hydrogens is 227 g/mol. The molecule has 0 aliphatic carbocycles. The molecule has 0 aromatic rings. The Morgan fingerprint density at radius 1 is 1.43 bits per heavy atom. The molecule has 2 atom stereocenters. The van der Waals surface area contributed by atoms with Gasteiger partial charge in [-0.1, -0.05) is 0 Å². The van der Waals surface area contributed by atoms with Crippen LogP contribution in [0.25, 0.3) is 0 Å². The highest BCUT2D eigenvalue weighted by atomic mass is 35.5. The topological polar surface area (TPSA) is 46.4 Å². The Labute approximate surface area is 93.3 Å². The van der Waals surface area contributed by atoms with Crippen LogP contribution < -0.4 is 0 Å². The number of rotatable bonds is 5. The molecule has 14 heavy (non-hydrogen) atoms. The SMILES string of the molecule is O=[N+]([O-])C1CC(CCCl)N(CCCl)C1. The molecule has 1 aliphatic heterocycles. The Balaban J connectivity index is 2.50. The average Bonchev–Trinajstić information content (AvgIpc) is 2.50. The molecule has 0 spiro atoms. The summed E-state index contributed by atoms with van der Waals surface area (Å²) in [5.74, 6) is 1.07. The molecule has 1 aliphatic rings. The number of hydrogen-bond acceptors (Lipinski definition) is 3. The molecule has 2 unspecified atom stereocenters. The van der Waals surface area contributed by atoms with Crippen LogP contribution in [-0.4, -0.2) is 46.8 Å². The first-order valence-electron chi connectivity index (χ1n) is 4.68. The molecule has 1 heterocycles. The van der Waals surface area contributed by atoms with Gasteiger partial charge in [0, 0.05) is 35.7 Å². The minimum atomic E-state index is -0.438. The van der Waals surface area contributed by atoms with Crippen LogP contribution in [-0.2, 0) is 0 Å². The average molecular weight is 241 g/mol. The minimum absolute atomic E-state index is 0.199. The monoisotopic (exact) mass is 240 g/mol. The van der Waals surface area contributed by atoms with E-state index in [9.17, 15) is 10.1 Å². The van der Waals surface area contributed by atoms with Gasteiger partial charge in [-0.15, -0.1) is 23.2 Å². The third-order valence-corrected chi connectivity index (χ3v) is 3.01. The molecule has 0 aromatic carbocycles. The summed E-state index contributed by atoms with van der Waals surface area (Å²) in [6.07, 6.45) is 1.42. The van der Waals surface area contributed by atoms with Gasteiger partial charge in [0.25, 0.3) is 0 Å². The van der Waals surface area contributed by atoms with Crippen molar-refractivity contribution in [2.45, 2.75) is 24.9 Å². The predicted molar refractivity (Wildman–Crippen MR) is 56.8 cm³/mol. The summed E-state index contributed by atoms with van der Waals surface area (Å²) in [6.45, 7) is 1.23. The van der Waals surface area contributed by atoms with E-state index in [1.807, 2.05) is 0 Å². The van der Waals surface area contributed by atoms with Crippen molar-refractivity contribution in [1.82, 2.24) is 4.90 Å². The normalized spacial score (nSPS) is 28.1. The maximum atomic E-state index is 10.6. The Hall–Kier alpha value is -0.0600. The van der Waals surface area contributed by atoms with Crippen LogP contribution in [0.3, 0.4) is 0 Å². The van der Waals surface area contributed by atoms with E-state index >= 15 is 0 Å². The fraction of sp³-hybridized carbons (Fsp3) is 1.00. The highest BCUT2D eigenvalue weighted by Crippen LogP contribution is 2.22. The van der Waals surface area contributed by atoms with Crippen LogP contribution in [0.5, 0.6) is 0 Å². The van der Waals surface area contributed by atoms with Gasteiger partial charge in [-0.3, -0.25) is 15.0 Å². The number of hydrogen-bond donors (Lipinski definition) is 0. The van der Waals surface area contributed by atoms with Crippen molar-refractivity contribution in [2.24, 2.45) is 0 Å². The van der Waals surface area contributed by atoms with Crippen molar-refractivity contribution >= 4 is 23.2 Å². The van der Waals surface area contributed by atoms with E-state index in [0.29, 0.717) is 31.3 Å². The molecule has 1 rings (SSSR count). The largest absolute Gasteiger partial charge is 0.292 e. The van der Waals surface area contributed by atoms with Crippen LogP contribution in [0.2, 0.25) is 0 Å². The maximum absolute atomic E-state index is 10.6. The summed E-state index contributed by atoms with van der Waals surface area (Å²) in [5, 5.41) is 10.6. The molecule has 0 bridgehead atoms. The Bertz CT molecular complexity index is 190. The summed E-state index contributed by atoms with van der Waals surface area (Å²) in [5.41, 5.74) is 0. The summed E-state index contributed by atoms with van der Waals surface area (Å²) >= 11 is 11.3. The smallest absolute Gasteiger partial charge is 0.227 e. The number of likely N-dealkylation sites (tertiary alicyclic amines) is 1. The molecule has 0 radical (unpaired) electrons. The molecule has 4 nitrogen and oxygen atoms in total. The van der Waals surface area contributed by atoms with Crippen molar-refractivity contribution in [3.8, 4) is 0 Å². The maximum Gasteiger partial charge on any atom is 0.227 e. The van der Waals surface area contributed by atoms with Gasteiger partial charge in [-0.05, 0) is 6.42 Å². The second-order valence-electron chi connectivity index (χ2n) is 3.49. The number of alkyl halides is 2. The Morgan fingerprint density at radius 2 is 2.14 bits per heavy atom. The molecule has 0 N–H and O–H groups in total. The lowest BCUT2D eigenvalue weighted by atomic mass is 10.1. The van der Waals surface area contributed by atoms with Gasteiger partial charge in [0.2, 0.25) is 6.04 Å². The van der Waals surface area contributed by atoms with Gasteiger partial charge < -0.3 is 0 Å². The molecule has 0 aromatic heterocycles. The quantitative estimate of drug-likeness (QED) is 0.417. The lowest BCUT2D eigenvalue weighted by molar-refractivity contribution is -0.518. The number of halogens is 2. The second-order valence-corrected chi connectivity index (χ2v) is 4.25. The second kappa shape index (κ2) is 5.73. The van der Waals surface area contributed by atoms with Crippen LogP contribution in [0.1, 0.15) is 12.8 Å². The molecular formula is C8H14Cl2N2O2. The van der Waals surface area contributed by atoms with Crippen LogP contribution in [0.4, 0.5) is 0 Å². The van der Waals surface area contributed by atoms with Gasteiger partial charge in [-0.25, -0.2) is 0 Å². The molecule has 82 valence electrons. The first-order valence-corrected chi connectivity index (χ1v) is 5.75. The first kappa shape index (κ1) is 12.0. The third-order valence-electron chi connectivity index (χ3n) is 2.62. The van der Waals surface area contributed by atoms with Crippen molar-refractivity contribution in [2.75, 3.05) is 24.8 Å². The molecule has 0 saturated carbocycles. The lowest BCUT2D eigenvalue weighted by Gasteiger charge is -2.21. The third kappa shape index (κ3) is 2.97. The summed E-state index contributed by atoms with van der Waals surface area (Å²) < 4.78 is 0. The van der Waals surface area contributed by atoms with Gasteiger partial charge in [-0.2, -0.15) is 0 Å². The standard InChI is InChI=1S/C8H14Cl2N2O2/c9-2-1-7-5-8(12(13)14)6-11(7)4-3-10/h7-8H,1-6H2. The van der Waals surface area contributed by atoms with Crippen molar-refractivity contribution < 1.29 is 4.92 Å². The Morgan fingerprint density at radius 3 is 2.64 bits per heavy atom. The van der Waals surface area contributed by atoms with Gasteiger partial charge in [0.1, 0.15) is 0 Å². The van der Waals surface area contributed by atoms with Crippen LogP contribution in [0.15, 0.2) is 0 Å². The summed E-state index contributed by atoms with van der Waals surface area (Å²) in [6, 6.07) is -0.201. The summed E-state index contributed by atoms with van der Waals surface area (Å²) in [4.78, 5) is 12.5. The van der Waals surface area contributed by atoms with Gasteiger partial charge in [0.05, 0.1) is 6.54 Å². The van der Waals surface area contributed by atoms with Gasteiger partial charge in [0.15, 0.2) is 0 Å². The fourth-order valence-electron chi connectivity index (χ4n) is 1.92. The van der Waals surface area contributed by atoms with E-state index in [-0.39, 0.29) is 11.0 Å². The lowest BCUT2D eigenvalue weighted by Crippen LogP contribution is -2.32. The van der Waals surface area contributed by atoms with Crippen molar-refractivity contribution in [3.05, 3.63) is 10.1 Å². The summed E-state index contributed by atoms with van der Waals surface area (Å²) in [7, 11) is 0.